The van der Waals surface area contributed by atoms with Crippen molar-refractivity contribution in [1.29, 1.82) is 0 Å². The first-order valence-corrected chi connectivity index (χ1v) is 8.72. The van der Waals surface area contributed by atoms with Gasteiger partial charge in [-0.3, -0.25) is 19.9 Å². The molecule has 0 radical (unpaired) electrons. The fourth-order valence-electron chi connectivity index (χ4n) is 2.99. The molecule has 0 saturated heterocycles. The van der Waals surface area contributed by atoms with Crippen LogP contribution in [0.4, 0.5) is 10.6 Å². The van der Waals surface area contributed by atoms with Gasteiger partial charge in [-0.25, -0.2) is 4.79 Å². The highest BCUT2D eigenvalue weighted by Gasteiger charge is 2.20. The number of rotatable bonds is 5. The van der Waals surface area contributed by atoms with Crippen molar-refractivity contribution in [2.24, 2.45) is 5.92 Å². The Morgan fingerprint density at radius 1 is 1.36 bits per heavy atom. The number of fused-ring (bicyclic) bond motifs is 1. The van der Waals surface area contributed by atoms with E-state index in [9.17, 15) is 4.79 Å². The van der Waals surface area contributed by atoms with Crippen molar-refractivity contribution in [3.8, 4) is 0 Å². The van der Waals surface area contributed by atoms with Gasteiger partial charge in [-0.1, -0.05) is 19.9 Å². The smallest absolute Gasteiger partial charge is 0.318 e. The third-order valence-corrected chi connectivity index (χ3v) is 4.18. The lowest BCUT2D eigenvalue weighted by Gasteiger charge is -2.24. The zero-order valence-corrected chi connectivity index (χ0v) is 15.1. The maximum absolute atomic E-state index is 12.8. The maximum Gasteiger partial charge on any atom is 0.323 e. The molecule has 134 valence electrons. The SMILES string of the molecule is CC(C)CN(Cc1ccccn1)C(=O)Nc1cc2n(n1)CCN(C)C2. The van der Waals surface area contributed by atoms with E-state index < -0.39 is 0 Å². The van der Waals surface area contributed by atoms with E-state index in [1.54, 1.807) is 11.1 Å². The van der Waals surface area contributed by atoms with Gasteiger partial charge in [0.15, 0.2) is 5.82 Å². The predicted molar refractivity (Wildman–Crippen MR) is 97.1 cm³/mol. The summed E-state index contributed by atoms with van der Waals surface area (Å²) in [5, 5.41) is 7.46. The summed E-state index contributed by atoms with van der Waals surface area (Å²) in [5.41, 5.74) is 2.01. The van der Waals surface area contributed by atoms with Crippen LogP contribution in [0.1, 0.15) is 25.2 Å². The molecule has 0 aliphatic carbocycles. The standard InChI is InChI=1S/C18H26N6O/c1-14(2)11-23(12-15-6-4-5-7-19-15)18(25)20-17-10-16-13-22(3)8-9-24(16)21-17/h4-7,10,14H,8-9,11-13H2,1-3H3,(H,20,21,25). The second-order valence-electron chi connectivity index (χ2n) is 7.01. The molecule has 3 rings (SSSR count). The number of pyridine rings is 1. The normalized spacial score (nSPS) is 14.4. The first kappa shape index (κ1) is 17.4. The monoisotopic (exact) mass is 342 g/mol. The third-order valence-electron chi connectivity index (χ3n) is 4.18. The van der Waals surface area contributed by atoms with Crippen molar-refractivity contribution in [2.45, 2.75) is 33.5 Å². The van der Waals surface area contributed by atoms with Crippen LogP contribution in [-0.4, -0.2) is 50.7 Å². The first-order valence-electron chi connectivity index (χ1n) is 8.72. The summed E-state index contributed by atoms with van der Waals surface area (Å²) in [6, 6.07) is 7.58. The van der Waals surface area contributed by atoms with Crippen molar-refractivity contribution in [2.75, 3.05) is 25.5 Å². The summed E-state index contributed by atoms with van der Waals surface area (Å²) in [7, 11) is 2.09. The molecule has 0 fully saturated rings. The Kier molecular flexibility index (Phi) is 5.33. The fourth-order valence-corrected chi connectivity index (χ4v) is 2.99. The zero-order valence-electron chi connectivity index (χ0n) is 15.1. The van der Waals surface area contributed by atoms with Crippen molar-refractivity contribution in [1.82, 2.24) is 24.6 Å². The van der Waals surface area contributed by atoms with Crippen LogP contribution in [0.2, 0.25) is 0 Å². The molecule has 0 saturated carbocycles. The number of aromatic nitrogens is 3. The van der Waals surface area contributed by atoms with Gasteiger partial charge in [-0.2, -0.15) is 5.10 Å². The van der Waals surface area contributed by atoms with Gasteiger partial charge in [0.1, 0.15) is 0 Å². The van der Waals surface area contributed by atoms with Crippen LogP contribution in [0, 0.1) is 5.92 Å². The minimum Gasteiger partial charge on any atom is -0.318 e. The molecule has 1 aliphatic heterocycles. The highest BCUT2D eigenvalue weighted by Crippen LogP contribution is 2.16. The molecule has 7 nitrogen and oxygen atoms in total. The number of nitrogens with zero attached hydrogens (tertiary/aromatic N) is 5. The molecule has 0 bridgehead atoms. The lowest BCUT2D eigenvalue weighted by molar-refractivity contribution is 0.200. The number of hydrogen-bond acceptors (Lipinski definition) is 4. The minimum absolute atomic E-state index is 0.136. The van der Waals surface area contributed by atoms with Crippen molar-refractivity contribution in [3.05, 3.63) is 41.9 Å². The van der Waals surface area contributed by atoms with Crippen LogP contribution < -0.4 is 5.32 Å². The van der Waals surface area contributed by atoms with E-state index in [1.165, 1.54) is 0 Å². The second kappa shape index (κ2) is 7.65. The van der Waals surface area contributed by atoms with Gasteiger partial charge < -0.3 is 4.90 Å². The molecule has 0 spiro atoms. The fraction of sp³-hybridized carbons (Fsp3) is 0.500. The van der Waals surface area contributed by atoms with E-state index in [4.69, 9.17) is 0 Å². The average molecular weight is 342 g/mol. The Labute approximate surface area is 148 Å². The van der Waals surface area contributed by atoms with Crippen LogP contribution in [0.15, 0.2) is 30.5 Å². The topological polar surface area (TPSA) is 66.3 Å². The molecule has 25 heavy (non-hydrogen) atoms. The van der Waals surface area contributed by atoms with Crippen molar-refractivity contribution < 1.29 is 4.79 Å². The van der Waals surface area contributed by atoms with Gasteiger partial charge in [0, 0.05) is 31.9 Å². The van der Waals surface area contributed by atoms with Gasteiger partial charge in [-0.05, 0) is 25.1 Å². The van der Waals surface area contributed by atoms with Crippen LogP contribution in [0.5, 0.6) is 0 Å². The third kappa shape index (κ3) is 4.57. The summed E-state index contributed by atoms with van der Waals surface area (Å²) in [4.78, 5) is 21.1. The summed E-state index contributed by atoms with van der Waals surface area (Å²) in [6.45, 7) is 8.03. The number of carbonyl (C=O) groups excluding carboxylic acids is 1. The zero-order chi connectivity index (χ0) is 17.8. The number of amides is 2. The van der Waals surface area contributed by atoms with Crippen molar-refractivity contribution in [3.63, 3.8) is 0 Å². The van der Waals surface area contributed by atoms with Gasteiger partial charge in [0.05, 0.1) is 24.5 Å². The Morgan fingerprint density at radius 2 is 2.20 bits per heavy atom. The van der Waals surface area contributed by atoms with Gasteiger partial charge in [-0.15, -0.1) is 0 Å². The lowest BCUT2D eigenvalue weighted by Crippen LogP contribution is -2.37. The molecular formula is C18H26N6O. The average Bonchev–Trinajstić information content (AvgIpc) is 2.96. The number of nitrogens with one attached hydrogen (secondary N) is 1. The molecular weight excluding hydrogens is 316 g/mol. The second-order valence-corrected chi connectivity index (χ2v) is 7.01. The van der Waals surface area contributed by atoms with E-state index in [0.717, 1.165) is 31.0 Å². The molecule has 2 aromatic rings. The van der Waals surface area contributed by atoms with E-state index >= 15 is 0 Å². The number of anilines is 1. The Hall–Kier alpha value is -2.41. The largest absolute Gasteiger partial charge is 0.323 e. The first-order chi connectivity index (χ1) is 12.0. The number of urea groups is 1. The molecule has 1 N–H and O–H groups in total. The summed E-state index contributed by atoms with van der Waals surface area (Å²) < 4.78 is 1.97. The molecule has 1 aliphatic rings. The van der Waals surface area contributed by atoms with Crippen LogP contribution in [0.3, 0.4) is 0 Å². The highest BCUT2D eigenvalue weighted by atomic mass is 16.2. The van der Waals surface area contributed by atoms with Crippen LogP contribution in [-0.2, 0) is 19.6 Å². The van der Waals surface area contributed by atoms with Gasteiger partial charge in [0.2, 0.25) is 0 Å². The van der Waals surface area contributed by atoms with Crippen molar-refractivity contribution >= 4 is 11.8 Å². The molecule has 2 aromatic heterocycles. The highest BCUT2D eigenvalue weighted by molar-refractivity contribution is 5.88. The van der Waals surface area contributed by atoms with E-state index in [1.807, 2.05) is 28.9 Å². The number of carbonyl (C=O) groups is 1. The summed E-state index contributed by atoms with van der Waals surface area (Å²) in [6.07, 6.45) is 1.75. The number of likely N-dealkylation sites (N-methyl/N-ethyl adjacent to an activating group) is 1. The van der Waals surface area contributed by atoms with Gasteiger partial charge in [0.25, 0.3) is 0 Å². The van der Waals surface area contributed by atoms with E-state index in [2.05, 4.69) is 41.2 Å². The van der Waals surface area contributed by atoms with E-state index in [0.29, 0.717) is 24.8 Å². The lowest BCUT2D eigenvalue weighted by atomic mass is 10.2. The summed E-state index contributed by atoms with van der Waals surface area (Å²) in [5.74, 6) is 0.989. The Bertz CT molecular complexity index is 712. The molecule has 0 unspecified atom stereocenters. The predicted octanol–water partition coefficient (Wildman–Crippen LogP) is 2.41. The molecule has 3 heterocycles. The van der Waals surface area contributed by atoms with Crippen LogP contribution in [0.25, 0.3) is 0 Å². The minimum atomic E-state index is -0.136. The number of hydrogen-bond donors (Lipinski definition) is 1. The Morgan fingerprint density at radius 3 is 2.92 bits per heavy atom. The van der Waals surface area contributed by atoms with Gasteiger partial charge >= 0.3 is 6.03 Å². The Balaban J connectivity index is 1.69. The van der Waals surface area contributed by atoms with Crippen LogP contribution >= 0.6 is 0 Å². The van der Waals surface area contributed by atoms with E-state index in [-0.39, 0.29) is 6.03 Å². The summed E-state index contributed by atoms with van der Waals surface area (Å²) >= 11 is 0. The quantitative estimate of drug-likeness (QED) is 0.906. The molecule has 2 amide bonds. The molecule has 0 aromatic carbocycles. The molecule has 0 atom stereocenters. The molecule has 7 heteroatoms. The maximum atomic E-state index is 12.8.